The van der Waals surface area contributed by atoms with Crippen molar-refractivity contribution in [2.75, 3.05) is 52.9 Å². The molecule has 0 aliphatic heterocycles. The lowest BCUT2D eigenvalue weighted by Gasteiger charge is -2.23. The summed E-state index contributed by atoms with van der Waals surface area (Å²) in [7, 11) is 0. The molecule has 172 valence electrons. The minimum atomic E-state index is -1.11. The minimum absolute atomic E-state index is 0.111. The van der Waals surface area contributed by atoms with Crippen molar-refractivity contribution < 1.29 is 50.8 Å². The molecular weight excluding hydrogens is 376 g/mol. The Morgan fingerprint density at radius 1 is 0.679 bits per heavy atom. The molecule has 0 heterocycles. The van der Waals surface area contributed by atoms with Crippen molar-refractivity contribution in [3.8, 4) is 0 Å². The van der Waals surface area contributed by atoms with Gasteiger partial charge in [-0.15, -0.1) is 0 Å². The molecule has 0 aliphatic carbocycles. The Morgan fingerprint density at radius 3 is 1.07 bits per heavy atom. The molecule has 0 aliphatic rings. The van der Waals surface area contributed by atoms with Gasteiger partial charge in [-0.25, -0.2) is 0 Å². The molecule has 0 aromatic carbocycles. The molecule has 0 radical (unpaired) electrons. The van der Waals surface area contributed by atoms with E-state index >= 15 is 0 Å². The zero-order chi connectivity index (χ0) is 22.6. The maximum absolute atomic E-state index is 10.4. The van der Waals surface area contributed by atoms with E-state index in [1.54, 1.807) is 0 Å². The molecular formula is C18H40O10. The topological polar surface area (TPSA) is 199 Å². The second-order valence-electron chi connectivity index (χ2n) is 6.85. The Balaban J connectivity index is -0.000000336. The third kappa shape index (κ3) is 13.3. The Hall–Kier alpha value is -0.850. The SMILES string of the molecule is CCCCC(CC)C(=O)O.OCC(CO)(CO)CO.OCC(CO)(CO)CO. The monoisotopic (exact) mass is 416 g/mol. The standard InChI is InChI=1S/C8H16O2.2C5H12O4/c1-3-5-6-7(4-2)8(9)10;2*6-1-5(2-7,3-8)4-9/h7H,3-6H2,1-2H3,(H,9,10);2*6-9H,1-4H2. The van der Waals surface area contributed by atoms with E-state index in [1.807, 2.05) is 6.92 Å². The number of aliphatic hydroxyl groups is 8. The average molecular weight is 417 g/mol. The van der Waals surface area contributed by atoms with Gasteiger partial charge < -0.3 is 46.0 Å². The summed E-state index contributed by atoms with van der Waals surface area (Å²) >= 11 is 0. The number of aliphatic hydroxyl groups excluding tert-OH is 8. The lowest BCUT2D eigenvalue weighted by Crippen LogP contribution is -2.37. The van der Waals surface area contributed by atoms with Crippen LogP contribution in [-0.4, -0.2) is 105 Å². The molecule has 0 aromatic rings. The molecule has 0 saturated heterocycles. The molecule has 0 rings (SSSR count). The summed E-state index contributed by atoms with van der Waals surface area (Å²) in [6, 6.07) is 0. The van der Waals surface area contributed by atoms with Crippen molar-refractivity contribution in [2.24, 2.45) is 16.7 Å². The first-order valence-electron chi connectivity index (χ1n) is 9.31. The minimum Gasteiger partial charge on any atom is -0.481 e. The highest BCUT2D eigenvalue weighted by Gasteiger charge is 2.27. The van der Waals surface area contributed by atoms with Gasteiger partial charge in [0.2, 0.25) is 0 Å². The first-order valence-corrected chi connectivity index (χ1v) is 9.31. The maximum atomic E-state index is 10.4. The third-order valence-corrected chi connectivity index (χ3v) is 4.43. The van der Waals surface area contributed by atoms with Gasteiger partial charge in [0, 0.05) is 0 Å². The molecule has 0 saturated carbocycles. The summed E-state index contributed by atoms with van der Waals surface area (Å²) in [6.45, 7) is 0.753. The van der Waals surface area contributed by atoms with Gasteiger partial charge in [0.25, 0.3) is 0 Å². The van der Waals surface area contributed by atoms with E-state index in [0.717, 1.165) is 25.7 Å². The second kappa shape index (κ2) is 19.5. The zero-order valence-electron chi connectivity index (χ0n) is 17.0. The van der Waals surface area contributed by atoms with Crippen molar-refractivity contribution in [1.82, 2.24) is 0 Å². The van der Waals surface area contributed by atoms with E-state index in [9.17, 15) is 4.79 Å². The van der Waals surface area contributed by atoms with Gasteiger partial charge in [-0.05, 0) is 12.8 Å². The number of carboxylic acid groups (broad SMARTS) is 1. The highest BCUT2D eigenvalue weighted by molar-refractivity contribution is 5.69. The first kappa shape index (κ1) is 31.8. The highest BCUT2D eigenvalue weighted by atomic mass is 16.4. The van der Waals surface area contributed by atoms with Crippen LogP contribution < -0.4 is 0 Å². The Labute approximate surface area is 166 Å². The Kier molecular flexibility index (Phi) is 22.1. The van der Waals surface area contributed by atoms with Crippen molar-refractivity contribution in [3.63, 3.8) is 0 Å². The van der Waals surface area contributed by atoms with Gasteiger partial charge in [-0.3, -0.25) is 4.79 Å². The predicted molar refractivity (Wildman–Crippen MR) is 102 cm³/mol. The fourth-order valence-electron chi connectivity index (χ4n) is 1.55. The Bertz CT molecular complexity index is 288. The van der Waals surface area contributed by atoms with Gasteiger partial charge in [0.05, 0.1) is 69.6 Å². The van der Waals surface area contributed by atoms with Gasteiger partial charge in [0.1, 0.15) is 0 Å². The molecule has 1 unspecified atom stereocenters. The quantitative estimate of drug-likeness (QED) is 0.164. The van der Waals surface area contributed by atoms with Crippen molar-refractivity contribution in [3.05, 3.63) is 0 Å². The number of carbonyl (C=O) groups is 1. The molecule has 1 atom stereocenters. The van der Waals surface area contributed by atoms with Gasteiger partial charge in [-0.2, -0.15) is 0 Å². The van der Waals surface area contributed by atoms with Gasteiger partial charge in [0.15, 0.2) is 0 Å². The largest absolute Gasteiger partial charge is 0.481 e. The molecule has 0 fully saturated rings. The summed E-state index contributed by atoms with van der Waals surface area (Å²) in [5, 5.41) is 76.6. The third-order valence-electron chi connectivity index (χ3n) is 4.43. The molecule has 10 nitrogen and oxygen atoms in total. The van der Waals surface area contributed by atoms with Crippen LogP contribution in [0.1, 0.15) is 39.5 Å². The van der Waals surface area contributed by atoms with Gasteiger partial charge >= 0.3 is 5.97 Å². The molecule has 9 N–H and O–H groups in total. The van der Waals surface area contributed by atoms with Crippen LogP contribution in [0, 0.1) is 16.7 Å². The lowest BCUT2D eigenvalue weighted by molar-refractivity contribution is -0.142. The summed E-state index contributed by atoms with van der Waals surface area (Å²) in [5.41, 5.74) is -2.22. The van der Waals surface area contributed by atoms with E-state index in [2.05, 4.69) is 6.92 Å². The summed E-state index contributed by atoms with van der Waals surface area (Å²) < 4.78 is 0. The summed E-state index contributed by atoms with van der Waals surface area (Å²) in [5.74, 6) is -0.754. The number of carboxylic acids is 1. The molecule has 0 amide bonds. The van der Waals surface area contributed by atoms with Crippen molar-refractivity contribution in [2.45, 2.75) is 39.5 Å². The molecule has 28 heavy (non-hydrogen) atoms. The number of hydrogen-bond acceptors (Lipinski definition) is 9. The van der Waals surface area contributed by atoms with E-state index in [1.165, 1.54) is 0 Å². The normalized spacial score (nSPS) is 12.4. The number of rotatable bonds is 13. The van der Waals surface area contributed by atoms with Crippen LogP contribution in [0.15, 0.2) is 0 Å². The zero-order valence-corrected chi connectivity index (χ0v) is 17.0. The fraction of sp³-hybridized carbons (Fsp3) is 0.944. The van der Waals surface area contributed by atoms with E-state index < -0.39 is 69.7 Å². The maximum Gasteiger partial charge on any atom is 0.306 e. The highest BCUT2D eigenvalue weighted by Crippen LogP contribution is 2.13. The van der Waals surface area contributed by atoms with Crippen LogP contribution in [0.5, 0.6) is 0 Å². The van der Waals surface area contributed by atoms with Crippen molar-refractivity contribution in [1.29, 1.82) is 0 Å². The first-order chi connectivity index (χ1) is 13.2. The average Bonchev–Trinajstić information content (AvgIpc) is 2.74. The number of unbranched alkanes of at least 4 members (excludes halogenated alkanes) is 1. The van der Waals surface area contributed by atoms with Crippen LogP contribution in [0.2, 0.25) is 0 Å². The molecule has 0 aromatic heterocycles. The smallest absolute Gasteiger partial charge is 0.306 e. The van der Waals surface area contributed by atoms with Crippen LogP contribution in [0.4, 0.5) is 0 Å². The molecule has 0 spiro atoms. The predicted octanol–water partition coefficient (Wildman–Crippen LogP) is -1.83. The Morgan fingerprint density at radius 2 is 0.964 bits per heavy atom. The van der Waals surface area contributed by atoms with E-state index in [4.69, 9.17) is 46.0 Å². The van der Waals surface area contributed by atoms with E-state index in [0.29, 0.717) is 0 Å². The van der Waals surface area contributed by atoms with Gasteiger partial charge in [-0.1, -0.05) is 26.7 Å². The molecule has 0 bridgehead atoms. The lowest BCUT2D eigenvalue weighted by atomic mass is 9.93. The van der Waals surface area contributed by atoms with Crippen molar-refractivity contribution >= 4 is 5.97 Å². The van der Waals surface area contributed by atoms with E-state index in [-0.39, 0.29) is 5.92 Å². The number of hydrogen-bond donors (Lipinski definition) is 9. The van der Waals surface area contributed by atoms with Crippen LogP contribution >= 0.6 is 0 Å². The molecule has 10 heteroatoms. The van der Waals surface area contributed by atoms with Crippen LogP contribution in [0.3, 0.4) is 0 Å². The van der Waals surface area contributed by atoms with Crippen LogP contribution in [0.25, 0.3) is 0 Å². The summed E-state index contributed by atoms with van der Waals surface area (Å²) in [4.78, 5) is 10.4. The van der Waals surface area contributed by atoms with Crippen LogP contribution in [-0.2, 0) is 4.79 Å². The number of aliphatic carboxylic acids is 1. The fourth-order valence-corrected chi connectivity index (χ4v) is 1.55. The second-order valence-corrected chi connectivity index (χ2v) is 6.85. The summed E-state index contributed by atoms with van der Waals surface area (Å²) in [6.07, 6.45) is 3.71.